The van der Waals surface area contributed by atoms with Crippen LogP contribution in [0.1, 0.15) is 34.1 Å². The number of rotatable bonds is 5. The molecule has 0 unspecified atom stereocenters. The van der Waals surface area contributed by atoms with Crippen LogP contribution >= 0.6 is 11.3 Å². The van der Waals surface area contributed by atoms with Crippen molar-refractivity contribution in [1.29, 1.82) is 0 Å². The Morgan fingerprint density at radius 3 is 2.76 bits per heavy atom. The van der Waals surface area contributed by atoms with Crippen LogP contribution in [0.4, 0.5) is 9.39 Å². The zero-order valence-corrected chi connectivity index (χ0v) is 14.6. The number of anilines is 1. The van der Waals surface area contributed by atoms with Crippen LogP contribution in [-0.4, -0.2) is 18.4 Å². The van der Waals surface area contributed by atoms with Crippen molar-refractivity contribution in [3.63, 3.8) is 0 Å². The van der Waals surface area contributed by atoms with Gasteiger partial charge >= 0.3 is 0 Å². The van der Waals surface area contributed by atoms with E-state index in [1.165, 1.54) is 35.6 Å². The number of carbonyl (C=O) groups is 2. The fourth-order valence-corrected chi connectivity index (χ4v) is 4.37. The van der Waals surface area contributed by atoms with E-state index in [-0.39, 0.29) is 12.4 Å². The van der Waals surface area contributed by atoms with Gasteiger partial charge in [0.15, 0.2) is 6.61 Å². The highest BCUT2D eigenvalue weighted by molar-refractivity contribution is 7.17. The smallest absolute Gasteiger partial charge is 0.262 e. The first-order valence-electron chi connectivity index (χ1n) is 8.06. The standard InChI is InChI=1S/C18H19FN2O3S/c1-10-2-7-13-14(8-10)25-18(16(13)17(20)23)21-15(22)9-24-12-5-3-11(19)4-6-12/h3-6,10H,2,7-9H2,1H3,(H2,20,23)(H,21,22)/t10-/m1/s1. The first-order chi connectivity index (χ1) is 11.9. The fraction of sp³-hybridized carbons (Fsp3) is 0.333. The minimum absolute atomic E-state index is 0.233. The number of hydrogen-bond acceptors (Lipinski definition) is 4. The summed E-state index contributed by atoms with van der Waals surface area (Å²) in [5, 5.41) is 3.21. The summed E-state index contributed by atoms with van der Waals surface area (Å²) >= 11 is 1.41. The number of halogens is 1. The summed E-state index contributed by atoms with van der Waals surface area (Å²) < 4.78 is 18.2. The first-order valence-corrected chi connectivity index (χ1v) is 8.88. The molecule has 3 rings (SSSR count). The number of nitrogens with two attached hydrogens (primary N) is 1. The molecule has 0 fully saturated rings. The zero-order valence-electron chi connectivity index (χ0n) is 13.8. The minimum atomic E-state index is -0.526. The minimum Gasteiger partial charge on any atom is -0.484 e. The van der Waals surface area contributed by atoms with Crippen LogP contribution in [0.5, 0.6) is 5.75 Å². The van der Waals surface area contributed by atoms with E-state index in [0.717, 1.165) is 29.7 Å². The molecule has 5 nitrogen and oxygen atoms in total. The normalized spacial score (nSPS) is 16.2. The van der Waals surface area contributed by atoms with Gasteiger partial charge in [-0.25, -0.2) is 4.39 Å². The van der Waals surface area contributed by atoms with Gasteiger partial charge in [-0.05, 0) is 55.0 Å². The average Bonchev–Trinajstić information content (AvgIpc) is 2.91. The number of primary amides is 1. The van der Waals surface area contributed by atoms with Gasteiger partial charge in [-0.1, -0.05) is 6.92 Å². The molecular formula is C18H19FN2O3S. The second-order valence-electron chi connectivity index (χ2n) is 6.21. The molecule has 0 spiro atoms. The van der Waals surface area contributed by atoms with Crippen LogP contribution in [-0.2, 0) is 17.6 Å². The summed E-state index contributed by atoms with van der Waals surface area (Å²) in [5.74, 6) is -0.343. The molecule has 7 heteroatoms. The summed E-state index contributed by atoms with van der Waals surface area (Å²) in [6, 6.07) is 5.41. The molecule has 1 aliphatic carbocycles. The van der Waals surface area contributed by atoms with Crippen molar-refractivity contribution in [1.82, 2.24) is 0 Å². The van der Waals surface area contributed by atoms with E-state index in [1.54, 1.807) is 0 Å². The van der Waals surface area contributed by atoms with Crippen LogP contribution in [0.15, 0.2) is 24.3 Å². The quantitative estimate of drug-likeness (QED) is 0.857. The van der Waals surface area contributed by atoms with Gasteiger partial charge in [-0.3, -0.25) is 9.59 Å². The molecule has 25 heavy (non-hydrogen) atoms. The van der Waals surface area contributed by atoms with Gasteiger partial charge in [-0.15, -0.1) is 11.3 Å². The molecule has 1 aromatic carbocycles. The van der Waals surface area contributed by atoms with Crippen molar-refractivity contribution in [3.05, 3.63) is 46.1 Å². The largest absolute Gasteiger partial charge is 0.484 e. The van der Waals surface area contributed by atoms with Gasteiger partial charge in [0, 0.05) is 4.88 Å². The number of thiophene rings is 1. The lowest BCUT2D eigenvalue weighted by Gasteiger charge is -2.18. The molecule has 2 amide bonds. The Labute approximate surface area is 149 Å². The van der Waals surface area contributed by atoms with E-state index in [1.807, 2.05) is 0 Å². The van der Waals surface area contributed by atoms with Gasteiger partial charge in [0.2, 0.25) is 0 Å². The Morgan fingerprint density at radius 1 is 1.36 bits per heavy atom. The van der Waals surface area contributed by atoms with Crippen LogP contribution in [0.3, 0.4) is 0 Å². The summed E-state index contributed by atoms with van der Waals surface area (Å²) in [6.07, 6.45) is 2.69. The van der Waals surface area contributed by atoms with Crippen molar-refractivity contribution in [3.8, 4) is 5.75 Å². The van der Waals surface area contributed by atoms with Crippen molar-refractivity contribution in [2.75, 3.05) is 11.9 Å². The van der Waals surface area contributed by atoms with Crippen molar-refractivity contribution in [2.24, 2.45) is 11.7 Å². The molecule has 132 valence electrons. The van der Waals surface area contributed by atoms with Gasteiger partial charge in [0.05, 0.1) is 5.56 Å². The van der Waals surface area contributed by atoms with Crippen molar-refractivity contribution in [2.45, 2.75) is 26.2 Å². The molecule has 1 heterocycles. The topological polar surface area (TPSA) is 81.4 Å². The van der Waals surface area contributed by atoms with Gasteiger partial charge < -0.3 is 15.8 Å². The number of ether oxygens (including phenoxy) is 1. The third-order valence-electron chi connectivity index (χ3n) is 4.19. The zero-order chi connectivity index (χ0) is 18.0. The molecule has 0 aliphatic heterocycles. The monoisotopic (exact) mass is 362 g/mol. The van der Waals surface area contributed by atoms with E-state index in [0.29, 0.717) is 22.2 Å². The van der Waals surface area contributed by atoms with Crippen LogP contribution in [0.2, 0.25) is 0 Å². The van der Waals surface area contributed by atoms with Crippen LogP contribution < -0.4 is 15.8 Å². The predicted molar refractivity (Wildman–Crippen MR) is 94.6 cm³/mol. The Bertz CT molecular complexity index is 801. The highest BCUT2D eigenvalue weighted by Crippen LogP contribution is 2.39. The third kappa shape index (κ3) is 3.99. The number of fused-ring (bicyclic) bond motifs is 1. The number of carbonyl (C=O) groups excluding carboxylic acids is 2. The van der Waals surface area contributed by atoms with E-state index < -0.39 is 11.8 Å². The summed E-state index contributed by atoms with van der Waals surface area (Å²) in [4.78, 5) is 25.1. The number of nitrogens with one attached hydrogen (secondary N) is 1. The van der Waals surface area contributed by atoms with Crippen molar-refractivity contribution < 1.29 is 18.7 Å². The lowest BCUT2D eigenvalue weighted by Crippen LogP contribution is -2.22. The number of benzene rings is 1. The van der Waals surface area contributed by atoms with E-state index in [2.05, 4.69) is 12.2 Å². The van der Waals surface area contributed by atoms with E-state index in [4.69, 9.17) is 10.5 Å². The highest BCUT2D eigenvalue weighted by atomic mass is 32.1. The maximum absolute atomic E-state index is 12.9. The maximum Gasteiger partial charge on any atom is 0.262 e. The van der Waals surface area contributed by atoms with Gasteiger partial charge in [0.1, 0.15) is 16.6 Å². The summed E-state index contributed by atoms with van der Waals surface area (Å²) in [7, 11) is 0. The summed E-state index contributed by atoms with van der Waals surface area (Å²) in [5.41, 5.74) is 6.90. The summed E-state index contributed by atoms with van der Waals surface area (Å²) in [6.45, 7) is 1.93. The Hall–Kier alpha value is -2.41. The number of amides is 2. The van der Waals surface area contributed by atoms with E-state index >= 15 is 0 Å². The third-order valence-corrected chi connectivity index (χ3v) is 5.36. The molecule has 0 radical (unpaired) electrons. The lowest BCUT2D eigenvalue weighted by molar-refractivity contribution is -0.118. The van der Waals surface area contributed by atoms with Gasteiger partial charge in [0.25, 0.3) is 11.8 Å². The Kier molecular flexibility index (Phi) is 5.03. The molecule has 0 bridgehead atoms. The molecule has 1 aromatic heterocycles. The maximum atomic E-state index is 12.9. The molecular weight excluding hydrogens is 343 g/mol. The SMILES string of the molecule is C[C@@H]1CCc2c(sc(NC(=O)COc3ccc(F)cc3)c2C(N)=O)C1. The molecule has 0 saturated heterocycles. The molecule has 3 N–H and O–H groups in total. The van der Waals surface area contributed by atoms with Crippen molar-refractivity contribution >= 4 is 28.2 Å². The molecule has 0 saturated carbocycles. The highest BCUT2D eigenvalue weighted by Gasteiger charge is 2.27. The Morgan fingerprint density at radius 2 is 2.08 bits per heavy atom. The lowest BCUT2D eigenvalue weighted by atomic mass is 9.88. The number of hydrogen-bond donors (Lipinski definition) is 2. The molecule has 1 aliphatic rings. The second kappa shape index (κ2) is 7.23. The average molecular weight is 362 g/mol. The predicted octanol–water partition coefficient (Wildman–Crippen LogP) is 3.13. The second-order valence-corrected chi connectivity index (χ2v) is 7.32. The first kappa shape index (κ1) is 17.4. The molecule has 1 atom stereocenters. The van der Waals surface area contributed by atoms with Crippen LogP contribution in [0, 0.1) is 11.7 Å². The Balaban J connectivity index is 1.70. The fourth-order valence-electron chi connectivity index (χ4n) is 2.94. The molecule has 2 aromatic rings. The van der Waals surface area contributed by atoms with Crippen LogP contribution in [0.25, 0.3) is 0 Å². The van der Waals surface area contributed by atoms with E-state index in [9.17, 15) is 14.0 Å². The van der Waals surface area contributed by atoms with Gasteiger partial charge in [-0.2, -0.15) is 0 Å².